The number of hydrogen-bond donors (Lipinski definition) is 2. The normalized spacial score (nSPS) is 17.9. The summed E-state index contributed by atoms with van der Waals surface area (Å²) < 4.78 is 10.3. The van der Waals surface area contributed by atoms with Crippen LogP contribution in [-0.2, 0) is 9.53 Å². The van der Waals surface area contributed by atoms with Gasteiger partial charge in [0.05, 0.1) is 31.0 Å². The molecule has 21 heavy (non-hydrogen) atoms. The van der Waals surface area contributed by atoms with Gasteiger partial charge in [0.15, 0.2) is 5.11 Å². The molecule has 0 saturated heterocycles. The van der Waals surface area contributed by atoms with E-state index in [9.17, 15) is 4.79 Å². The van der Waals surface area contributed by atoms with Crippen LogP contribution in [0.5, 0.6) is 5.75 Å². The number of carbonyl (C=O) groups excluding carboxylic acids is 1. The van der Waals surface area contributed by atoms with E-state index in [0.717, 1.165) is 11.3 Å². The zero-order valence-corrected chi connectivity index (χ0v) is 13.0. The molecule has 0 fully saturated rings. The number of thiocarbonyl (C=S) groups is 1. The molecule has 0 radical (unpaired) electrons. The maximum Gasteiger partial charge on any atom is 0.338 e. The quantitative estimate of drug-likeness (QED) is 0.654. The smallest absolute Gasteiger partial charge is 0.338 e. The molecule has 0 aliphatic carbocycles. The summed E-state index contributed by atoms with van der Waals surface area (Å²) in [5.41, 5.74) is 2.07. The number of ether oxygens (including phenoxy) is 2. The second kappa shape index (κ2) is 6.58. The summed E-state index contributed by atoms with van der Waals surface area (Å²) in [4.78, 5) is 12.2. The SMILES string of the molecule is CCOC(=O)C1=C(c2ccc(OC)cc2)NC(=S)NC1C. The summed E-state index contributed by atoms with van der Waals surface area (Å²) in [5.74, 6) is 0.403. The minimum atomic E-state index is -0.349. The van der Waals surface area contributed by atoms with Crippen LogP contribution >= 0.6 is 12.2 Å². The molecule has 0 aromatic heterocycles. The first-order chi connectivity index (χ1) is 10.1. The zero-order valence-electron chi connectivity index (χ0n) is 12.2. The molecule has 0 spiro atoms. The molecule has 1 heterocycles. The Morgan fingerprint density at radius 3 is 2.57 bits per heavy atom. The fraction of sp³-hybridized carbons (Fsp3) is 0.333. The lowest BCUT2D eigenvalue weighted by Gasteiger charge is -2.28. The molecule has 1 aromatic rings. The highest BCUT2D eigenvalue weighted by Crippen LogP contribution is 2.24. The van der Waals surface area contributed by atoms with Crippen molar-refractivity contribution in [1.82, 2.24) is 10.6 Å². The molecule has 0 amide bonds. The molecule has 6 heteroatoms. The fourth-order valence-corrected chi connectivity index (χ4v) is 2.45. The first kappa shape index (κ1) is 15.3. The number of rotatable bonds is 4. The molecule has 1 aliphatic heterocycles. The molecule has 0 bridgehead atoms. The summed E-state index contributed by atoms with van der Waals surface area (Å²) in [6.07, 6.45) is 0. The van der Waals surface area contributed by atoms with Crippen LogP contribution in [0.2, 0.25) is 0 Å². The van der Waals surface area contributed by atoms with Gasteiger partial charge in [-0.05, 0) is 55.9 Å². The molecule has 1 unspecified atom stereocenters. The van der Waals surface area contributed by atoms with E-state index in [1.165, 1.54) is 0 Å². The second-order valence-corrected chi connectivity index (χ2v) is 4.97. The van der Waals surface area contributed by atoms with Gasteiger partial charge in [0.1, 0.15) is 5.75 Å². The van der Waals surface area contributed by atoms with Crippen molar-refractivity contribution in [1.29, 1.82) is 0 Å². The first-order valence-electron chi connectivity index (χ1n) is 6.70. The predicted molar refractivity (Wildman–Crippen MR) is 84.9 cm³/mol. The van der Waals surface area contributed by atoms with Crippen LogP contribution < -0.4 is 15.4 Å². The number of methoxy groups -OCH3 is 1. The predicted octanol–water partition coefficient (Wildman–Crippen LogP) is 1.84. The van der Waals surface area contributed by atoms with Crippen molar-refractivity contribution in [3.8, 4) is 5.75 Å². The Labute approximate surface area is 129 Å². The third-order valence-corrected chi connectivity index (χ3v) is 3.38. The highest BCUT2D eigenvalue weighted by Gasteiger charge is 2.28. The molecule has 2 rings (SSSR count). The molecule has 2 N–H and O–H groups in total. The fourth-order valence-electron chi connectivity index (χ4n) is 2.18. The van der Waals surface area contributed by atoms with Gasteiger partial charge in [-0.15, -0.1) is 0 Å². The molecule has 0 saturated carbocycles. The minimum absolute atomic E-state index is 0.213. The van der Waals surface area contributed by atoms with E-state index in [0.29, 0.717) is 23.0 Å². The van der Waals surface area contributed by atoms with Gasteiger partial charge < -0.3 is 20.1 Å². The van der Waals surface area contributed by atoms with Crippen molar-refractivity contribution >= 4 is 29.0 Å². The van der Waals surface area contributed by atoms with E-state index in [2.05, 4.69) is 10.6 Å². The van der Waals surface area contributed by atoms with Gasteiger partial charge in [0, 0.05) is 0 Å². The van der Waals surface area contributed by atoms with Crippen molar-refractivity contribution in [3.63, 3.8) is 0 Å². The average molecular weight is 306 g/mol. The largest absolute Gasteiger partial charge is 0.497 e. The van der Waals surface area contributed by atoms with E-state index in [1.807, 2.05) is 31.2 Å². The van der Waals surface area contributed by atoms with Crippen LogP contribution in [0.3, 0.4) is 0 Å². The Kier molecular flexibility index (Phi) is 4.80. The summed E-state index contributed by atoms with van der Waals surface area (Å²) in [7, 11) is 1.61. The van der Waals surface area contributed by atoms with E-state index in [-0.39, 0.29) is 12.0 Å². The van der Waals surface area contributed by atoms with Crippen LogP contribution in [0.25, 0.3) is 5.70 Å². The van der Waals surface area contributed by atoms with Crippen molar-refractivity contribution in [2.75, 3.05) is 13.7 Å². The number of carbonyl (C=O) groups is 1. The molecule has 112 valence electrons. The molecular formula is C15H18N2O3S. The van der Waals surface area contributed by atoms with Gasteiger partial charge in [-0.2, -0.15) is 0 Å². The zero-order chi connectivity index (χ0) is 15.4. The van der Waals surface area contributed by atoms with Gasteiger partial charge in [-0.25, -0.2) is 4.79 Å². The van der Waals surface area contributed by atoms with Gasteiger partial charge in [0.25, 0.3) is 0 Å². The van der Waals surface area contributed by atoms with Crippen LogP contribution in [0.4, 0.5) is 0 Å². The number of nitrogens with one attached hydrogen (secondary N) is 2. The lowest BCUT2D eigenvalue weighted by atomic mass is 9.99. The molecule has 5 nitrogen and oxygen atoms in total. The second-order valence-electron chi connectivity index (χ2n) is 4.56. The first-order valence-corrected chi connectivity index (χ1v) is 7.10. The Bertz CT molecular complexity index is 581. The number of hydrogen-bond acceptors (Lipinski definition) is 4. The number of benzene rings is 1. The van der Waals surface area contributed by atoms with Gasteiger partial charge >= 0.3 is 5.97 Å². The Hall–Kier alpha value is -2.08. The highest BCUT2D eigenvalue weighted by molar-refractivity contribution is 7.80. The summed E-state index contributed by atoms with van der Waals surface area (Å²) in [6.45, 7) is 3.99. The molecule has 1 atom stereocenters. The summed E-state index contributed by atoms with van der Waals surface area (Å²) in [5, 5.41) is 6.56. The van der Waals surface area contributed by atoms with Crippen molar-refractivity contribution < 1.29 is 14.3 Å². The van der Waals surface area contributed by atoms with Gasteiger partial charge in [0.2, 0.25) is 0 Å². The van der Waals surface area contributed by atoms with E-state index in [1.54, 1.807) is 14.0 Å². The van der Waals surface area contributed by atoms with Gasteiger partial charge in [-0.3, -0.25) is 0 Å². The van der Waals surface area contributed by atoms with Crippen molar-refractivity contribution in [3.05, 3.63) is 35.4 Å². The Balaban J connectivity index is 2.47. The van der Waals surface area contributed by atoms with Crippen LogP contribution in [0, 0.1) is 0 Å². The molecule has 1 aromatic carbocycles. The van der Waals surface area contributed by atoms with E-state index in [4.69, 9.17) is 21.7 Å². The lowest BCUT2D eigenvalue weighted by molar-refractivity contribution is -0.138. The maximum absolute atomic E-state index is 12.2. The Morgan fingerprint density at radius 1 is 1.33 bits per heavy atom. The standard InChI is InChI=1S/C15H18N2O3S/c1-4-20-14(18)12-9(2)16-15(21)17-13(12)10-5-7-11(19-3)8-6-10/h5-9H,4H2,1-3H3,(H2,16,17,21). The topological polar surface area (TPSA) is 59.6 Å². The maximum atomic E-state index is 12.2. The van der Waals surface area contributed by atoms with Crippen molar-refractivity contribution in [2.45, 2.75) is 19.9 Å². The van der Waals surface area contributed by atoms with Crippen LogP contribution in [-0.4, -0.2) is 30.8 Å². The van der Waals surface area contributed by atoms with Crippen LogP contribution in [0.1, 0.15) is 19.4 Å². The van der Waals surface area contributed by atoms with Crippen LogP contribution in [0.15, 0.2) is 29.8 Å². The molecule has 1 aliphatic rings. The van der Waals surface area contributed by atoms with E-state index < -0.39 is 0 Å². The third-order valence-electron chi connectivity index (χ3n) is 3.16. The lowest BCUT2D eigenvalue weighted by Crippen LogP contribution is -2.48. The number of esters is 1. The van der Waals surface area contributed by atoms with Gasteiger partial charge in [-0.1, -0.05) is 0 Å². The highest BCUT2D eigenvalue weighted by atomic mass is 32.1. The molecular weight excluding hydrogens is 288 g/mol. The summed E-state index contributed by atoms with van der Waals surface area (Å²) in [6, 6.07) is 7.21. The van der Waals surface area contributed by atoms with E-state index >= 15 is 0 Å². The Morgan fingerprint density at radius 2 is 2.00 bits per heavy atom. The third kappa shape index (κ3) is 3.33. The summed E-state index contributed by atoms with van der Waals surface area (Å²) >= 11 is 5.18. The van der Waals surface area contributed by atoms with Crippen molar-refractivity contribution in [2.24, 2.45) is 0 Å². The minimum Gasteiger partial charge on any atom is -0.497 e. The monoisotopic (exact) mass is 306 g/mol. The average Bonchev–Trinajstić information content (AvgIpc) is 2.46.